The summed E-state index contributed by atoms with van der Waals surface area (Å²) in [5.41, 5.74) is 1.11. The molecule has 11 heteroatoms. The summed E-state index contributed by atoms with van der Waals surface area (Å²) in [5.74, 6) is -1.24. The van der Waals surface area contributed by atoms with E-state index in [0.717, 1.165) is 10.9 Å². The lowest BCUT2D eigenvalue weighted by Crippen LogP contribution is -2.49. The van der Waals surface area contributed by atoms with Crippen molar-refractivity contribution < 1.29 is 28.7 Å². The topological polar surface area (TPSA) is 162 Å². The van der Waals surface area contributed by atoms with Crippen LogP contribution in [0.5, 0.6) is 5.75 Å². The van der Waals surface area contributed by atoms with E-state index in [9.17, 15) is 24.4 Å². The van der Waals surface area contributed by atoms with Crippen molar-refractivity contribution in [2.45, 2.75) is 65.0 Å². The van der Waals surface area contributed by atoms with Crippen molar-refractivity contribution in [1.29, 1.82) is 5.26 Å². The van der Waals surface area contributed by atoms with E-state index in [1.807, 2.05) is 39.0 Å². The van der Waals surface area contributed by atoms with Gasteiger partial charge >= 0.3 is 6.09 Å². The highest BCUT2D eigenvalue weighted by molar-refractivity contribution is 6.02. The van der Waals surface area contributed by atoms with Crippen LogP contribution in [0, 0.1) is 29.1 Å². The summed E-state index contributed by atoms with van der Waals surface area (Å²) >= 11 is 0. The number of carbonyl (C=O) groups excluding carboxylic acids is 4. The SMILES string of the molecule is CCCNC(=O)OC(C#N)[C@H](C[C@@H]1CCNC1=O)NC(=O)[C@@H](CC(=O)c1cc2c(OC)cccc2[nH]1)CC(C)C. The number of nitrogens with zero attached hydrogens (tertiary/aromatic N) is 1. The highest BCUT2D eigenvalue weighted by atomic mass is 16.6. The summed E-state index contributed by atoms with van der Waals surface area (Å²) in [4.78, 5) is 54.6. The quantitative estimate of drug-likeness (QED) is 0.260. The number of Topliss-reactive ketones (excluding diaryl/α,β-unsaturated/α-hetero) is 1. The fourth-order valence-electron chi connectivity index (χ4n) is 4.96. The number of hydrogen-bond donors (Lipinski definition) is 4. The summed E-state index contributed by atoms with van der Waals surface area (Å²) < 4.78 is 10.7. The van der Waals surface area contributed by atoms with Crippen LogP contribution in [0.15, 0.2) is 24.3 Å². The van der Waals surface area contributed by atoms with Gasteiger partial charge in [0.1, 0.15) is 11.8 Å². The van der Waals surface area contributed by atoms with Crippen molar-refractivity contribution in [3.8, 4) is 11.8 Å². The number of ether oxygens (including phenoxy) is 2. The molecule has 0 radical (unpaired) electrons. The van der Waals surface area contributed by atoms with Crippen molar-refractivity contribution in [2.24, 2.45) is 17.8 Å². The Kier molecular flexibility index (Phi) is 10.9. The number of benzene rings is 1. The fraction of sp³-hybridized carbons (Fsp3) is 0.552. The molecule has 0 aliphatic carbocycles. The van der Waals surface area contributed by atoms with Crippen LogP contribution in [0.2, 0.25) is 0 Å². The van der Waals surface area contributed by atoms with E-state index in [2.05, 4.69) is 20.9 Å². The Morgan fingerprint density at radius 2 is 2.02 bits per heavy atom. The summed E-state index contributed by atoms with van der Waals surface area (Å²) in [7, 11) is 1.56. The van der Waals surface area contributed by atoms with Gasteiger partial charge in [-0.1, -0.05) is 26.8 Å². The largest absolute Gasteiger partial charge is 0.496 e. The van der Waals surface area contributed by atoms with Gasteiger partial charge in [-0.05, 0) is 49.8 Å². The fourth-order valence-corrected chi connectivity index (χ4v) is 4.96. The molecule has 1 saturated heterocycles. The molecular formula is C29H39N5O6. The number of aromatic amines is 1. The Morgan fingerprint density at radius 1 is 1.25 bits per heavy atom. The van der Waals surface area contributed by atoms with E-state index in [1.165, 1.54) is 0 Å². The third-order valence-electron chi connectivity index (χ3n) is 6.98. The molecule has 1 fully saturated rings. The van der Waals surface area contributed by atoms with Crippen LogP contribution in [0.25, 0.3) is 10.9 Å². The minimum absolute atomic E-state index is 0.0646. The number of ketones is 1. The van der Waals surface area contributed by atoms with Gasteiger partial charge in [0.25, 0.3) is 0 Å². The van der Waals surface area contributed by atoms with E-state index in [1.54, 1.807) is 19.2 Å². The first-order valence-electron chi connectivity index (χ1n) is 13.8. The van der Waals surface area contributed by atoms with Gasteiger partial charge in [0.05, 0.1) is 18.8 Å². The molecule has 1 aromatic heterocycles. The zero-order chi connectivity index (χ0) is 29.2. The normalized spacial score (nSPS) is 17.0. The van der Waals surface area contributed by atoms with Gasteiger partial charge in [-0.2, -0.15) is 5.26 Å². The third kappa shape index (κ3) is 7.97. The Hall–Kier alpha value is -4.07. The molecule has 0 bridgehead atoms. The van der Waals surface area contributed by atoms with E-state index >= 15 is 0 Å². The second kappa shape index (κ2) is 14.4. The number of alkyl carbamates (subject to hydrolysis) is 1. The predicted molar refractivity (Wildman–Crippen MR) is 149 cm³/mol. The maximum Gasteiger partial charge on any atom is 0.408 e. The van der Waals surface area contributed by atoms with Crippen LogP contribution in [-0.4, -0.2) is 61.0 Å². The van der Waals surface area contributed by atoms with Crippen molar-refractivity contribution in [3.63, 3.8) is 0 Å². The lowest BCUT2D eigenvalue weighted by molar-refractivity contribution is -0.128. The molecule has 3 rings (SSSR count). The number of nitriles is 1. The molecule has 4 atom stereocenters. The molecule has 1 aromatic carbocycles. The highest BCUT2D eigenvalue weighted by Gasteiger charge is 2.36. The monoisotopic (exact) mass is 553 g/mol. The highest BCUT2D eigenvalue weighted by Crippen LogP contribution is 2.28. The first-order chi connectivity index (χ1) is 19.2. The molecule has 4 N–H and O–H groups in total. The molecule has 40 heavy (non-hydrogen) atoms. The van der Waals surface area contributed by atoms with Crippen LogP contribution >= 0.6 is 0 Å². The van der Waals surface area contributed by atoms with E-state index in [0.29, 0.717) is 43.8 Å². The molecule has 1 unspecified atom stereocenters. The van der Waals surface area contributed by atoms with Crippen LogP contribution in [0.4, 0.5) is 4.79 Å². The predicted octanol–water partition coefficient (Wildman–Crippen LogP) is 3.45. The Morgan fingerprint density at radius 3 is 2.65 bits per heavy atom. The van der Waals surface area contributed by atoms with Gasteiger partial charge in [-0.25, -0.2) is 4.79 Å². The average Bonchev–Trinajstić information content (AvgIpc) is 3.55. The molecule has 2 heterocycles. The summed E-state index contributed by atoms with van der Waals surface area (Å²) in [6.07, 6.45) is -0.373. The number of nitrogens with one attached hydrogen (secondary N) is 4. The molecule has 3 amide bonds. The molecule has 2 aromatic rings. The minimum Gasteiger partial charge on any atom is -0.496 e. The Balaban J connectivity index is 1.80. The van der Waals surface area contributed by atoms with E-state index < -0.39 is 36.0 Å². The van der Waals surface area contributed by atoms with Crippen molar-refractivity contribution >= 4 is 34.6 Å². The van der Waals surface area contributed by atoms with E-state index in [-0.39, 0.29) is 30.4 Å². The number of hydrogen-bond acceptors (Lipinski definition) is 7. The lowest BCUT2D eigenvalue weighted by Gasteiger charge is -2.27. The maximum atomic E-state index is 13.6. The van der Waals surface area contributed by atoms with Gasteiger partial charge in [0.2, 0.25) is 17.9 Å². The van der Waals surface area contributed by atoms with Gasteiger partial charge in [-0.15, -0.1) is 0 Å². The first-order valence-corrected chi connectivity index (χ1v) is 13.8. The number of methoxy groups -OCH3 is 1. The molecule has 1 aliphatic rings. The summed E-state index contributed by atoms with van der Waals surface area (Å²) in [5, 5.41) is 18.8. The molecule has 0 spiro atoms. The molecule has 11 nitrogen and oxygen atoms in total. The zero-order valence-electron chi connectivity index (χ0n) is 23.5. The van der Waals surface area contributed by atoms with Crippen molar-refractivity contribution in [2.75, 3.05) is 20.2 Å². The van der Waals surface area contributed by atoms with Gasteiger partial charge < -0.3 is 30.4 Å². The second-order valence-electron chi connectivity index (χ2n) is 10.6. The maximum absolute atomic E-state index is 13.6. The van der Waals surface area contributed by atoms with Gasteiger partial charge in [-0.3, -0.25) is 14.4 Å². The minimum atomic E-state index is -1.31. The summed E-state index contributed by atoms with van der Waals surface area (Å²) in [6.45, 7) is 6.67. The molecule has 216 valence electrons. The van der Waals surface area contributed by atoms with Crippen LogP contribution in [0.3, 0.4) is 0 Å². The molecular weight excluding hydrogens is 514 g/mol. The number of fused-ring (bicyclic) bond motifs is 1. The summed E-state index contributed by atoms with van der Waals surface area (Å²) in [6, 6.07) is 8.22. The zero-order valence-corrected chi connectivity index (χ0v) is 23.5. The number of H-pyrrole nitrogens is 1. The van der Waals surface area contributed by atoms with E-state index in [4.69, 9.17) is 9.47 Å². The lowest BCUT2D eigenvalue weighted by atomic mass is 9.89. The van der Waals surface area contributed by atoms with Crippen LogP contribution in [-0.2, 0) is 14.3 Å². The smallest absolute Gasteiger partial charge is 0.408 e. The number of carbonyl (C=O) groups is 4. The Labute approximate surface area is 234 Å². The van der Waals surface area contributed by atoms with Gasteiger partial charge in [0.15, 0.2) is 5.78 Å². The van der Waals surface area contributed by atoms with Crippen LogP contribution < -0.4 is 20.7 Å². The first kappa shape index (κ1) is 30.5. The average molecular weight is 554 g/mol. The second-order valence-corrected chi connectivity index (χ2v) is 10.6. The van der Waals surface area contributed by atoms with Crippen LogP contribution in [0.1, 0.15) is 63.4 Å². The third-order valence-corrected chi connectivity index (χ3v) is 6.98. The van der Waals surface area contributed by atoms with Gasteiger partial charge in [0, 0.05) is 42.2 Å². The Bertz CT molecular complexity index is 1250. The van der Waals surface area contributed by atoms with Crippen molar-refractivity contribution in [1.82, 2.24) is 20.9 Å². The molecule has 0 saturated carbocycles. The number of amides is 3. The standard InChI is InChI=1S/C29H39N5O6/c1-5-10-32-29(38)40-26(16-30)23(13-18-9-11-31-27(18)36)34-28(37)19(12-17(2)3)14-24(35)22-15-20-21(33-22)7-6-8-25(20)39-4/h6-8,15,17-19,23,26,33H,5,9-14H2,1-4H3,(H,31,36)(H,32,38)(H,34,37)/t18-,19+,23-,26?/m0/s1. The molecule has 1 aliphatic heterocycles. The number of aromatic nitrogens is 1. The van der Waals surface area contributed by atoms with Crippen molar-refractivity contribution in [3.05, 3.63) is 30.0 Å². The number of rotatable bonds is 14.